The normalized spacial score (nSPS) is 15.3. The minimum atomic E-state index is -0.166. The molecule has 1 fully saturated rings. The summed E-state index contributed by atoms with van der Waals surface area (Å²) in [7, 11) is 0. The lowest BCUT2D eigenvalue weighted by atomic mass is 9.95. The van der Waals surface area contributed by atoms with Crippen molar-refractivity contribution in [1.29, 1.82) is 0 Å². The third kappa shape index (κ3) is 6.02. The maximum absolute atomic E-state index is 12.0. The summed E-state index contributed by atoms with van der Waals surface area (Å²) in [5.74, 6) is -0.212. The fraction of sp³-hybridized carbons (Fsp3) is 0.688. The summed E-state index contributed by atoms with van der Waals surface area (Å²) in [6, 6.07) is 0.289. The number of nitrogens with one attached hydrogen (secondary N) is 2. The van der Waals surface area contributed by atoms with Gasteiger partial charge in [0, 0.05) is 18.8 Å². The van der Waals surface area contributed by atoms with Crippen molar-refractivity contribution in [3.63, 3.8) is 0 Å². The van der Waals surface area contributed by atoms with Crippen LogP contribution in [0.2, 0.25) is 0 Å². The van der Waals surface area contributed by atoms with Crippen LogP contribution in [0.5, 0.6) is 0 Å². The molecule has 2 amide bonds. The molecule has 0 radical (unpaired) electrons. The van der Waals surface area contributed by atoms with Gasteiger partial charge in [0.2, 0.25) is 5.91 Å². The van der Waals surface area contributed by atoms with Gasteiger partial charge in [0.05, 0.1) is 11.8 Å². The van der Waals surface area contributed by atoms with E-state index in [4.69, 9.17) is 5.73 Å². The average molecular weight is 321 g/mol. The summed E-state index contributed by atoms with van der Waals surface area (Å²) in [6.45, 7) is 1.38. The fourth-order valence-corrected chi connectivity index (χ4v) is 2.81. The van der Waals surface area contributed by atoms with Crippen molar-refractivity contribution in [2.24, 2.45) is 5.73 Å². The lowest BCUT2D eigenvalue weighted by Crippen LogP contribution is -2.38. The number of hydrogen-bond acceptors (Lipinski definition) is 4. The van der Waals surface area contributed by atoms with Crippen molar-refractivity contribution >= 4 is 11.8 Å². The van der Waals surface area contributed by atoms with Gasteiger partial charge in [0.1, 0.15) is 6.54 Å². The minimum absolute atomic E-state index is 0.0464. The van der Waals surface area contributed by atoms with Crippen LogP contribution in [0.25, 0.3) is 0 Å². The van der Waals surface area contributed by atoms with E-state index < -0.39 is 0 Å². The Hall–Kier alpha value is -1.89. The molecule has 0 saturated heterocycles. The van der Waals surface area contributed by atoms with Gasteiger partial charge in [-0.05, 0) is 32.2 Å². The van der Waals surface area contributed by atoms with E-state index in [1.165, 1.54) is 30.1 Å². The Balaban J connectivity index is 1.74. The lowest BCUT2D eigenvalue weighted by Gasteiger charge is -2.22. The van der Waals surface area contributed by atoms with Crippen LogP contribution in [0.15, 0.2) is 12.4 Å². The molecule has 4 N–H and O–H groups in total. The number of carbonyl (C=O) groups excluding carboxylic acids is 2. The second-order valence-electron chi connectivity index (χ2n) is 6.08. The molecule has 0 aliphatic heterocycles. The SMILES string of the molecule is NCCCCNC(=O)c1cnn(CC(=O)NC2CCCCC2)c1. The number of carbonyl (C=O) groups is 2. The highest BCUT2D eigenvalue weighted by molar-refractivity contribution is 5.93. The summed E-state index contributed by atoms with van der Waals surface area (Å²) in [6.07, 6.45) is 10.6. The molecule has 0 aromatic carbocycles. The molecule has 0 spiro atoms. The quantitative estimate of drug-likeness (QED) is 0.616. The van der Waals surface area contributed by atoms with Crippen molar-refractivity contribution in [1.82, 2.24) is 20.4 Å². The topological polar surface area (TPSA) is 102 Å². The molecule has 1 saturated carbocycles. The Bertz CT molecular complexity index is 508. The number of unbranched alkanes of at least 4 members (excludes halogenated alkanes) is 1. The Morgan fingerprint density at radius 3 is 2.78 bits per heavy atom. The van der Waals surface area contributed by atoms with Crippen LogP contribution in [0.1, 0.15) is 55.3 Å². The van der Waals surface area contributed by atoms with Crippen LogP contribution in [0, 0.1) is 0 Å². The summed E-state index contributed by atoms with van der Waals surface area (Å²) in [5, 5.41) is 9.95. The summed E-state index contributed by atoms with van der Waals surface area (Å²) in [4.78, 5) is 23.9. The first-order valence-electron chi connectivity index (χ1n) is 8.49. The van der Waals surface area contributed by atoms with Crippen molar-refractivity contribution in [3.8, 4) is 0 Å². The zero-order chi connectivity index (χ0) is 16.5. The molecule has 1 aliphatic carbocycles. The Kier molecular flexibility index (Phi) is 7.06. The van der Waals surface area contributed by atoms with E-state index in [2.05, 4.69) is 15.7 Å². The summed E-state index contributed by atoms with van der Waals surface area (Å²) in [5.41, 5.74) is 5.88. The number of hydrogen-bond donors (Lipinski definition) is 3. The van der Waals surface area contributed by atoms with Gasteiger partial charge in [-0.15, -0.1) is 0 Å². The predicted octanol–water partition coefficient (Wildman–Crippen LogP) is 0.801. The van der Waals surface area contributed by atoms with E-state index in [1.807, 2.05) is 0 Å². The molecule has 7 heteroatoms. The Morgan fingerprint density at radius 2 is 2.04 bits per heavy atom. The zero-order valence-electron chi connectivity index (χ0n) is 13.6. The third-order valence-corrected chi connectivity index (χ3v) is 4.09. The molecule has 1 aromatic heterocycles. The molecule has 2 rings (SSSR count). The number of nitrogens with zero attached hydrogens (tertiary/aromatic N) is 2. The molecule has 1 aromatic rings. The van der Waals surface area contributed by atoms with Gasteiger partial charge < -0.3 is 16.4 Å². The van der Waals surface area contributed by atoms with Crippen LogP contribution >= 0.6 is 0 Å². The smallest absolute Gasteiger partial charge is 0.254 e. The summed E-state index contributed by atoms with van der Waals surface area (Å²) >= 11 is 0. The maximum atomic E-state index is 12.0. The number of nitrogens with two attached hydrogens (primary N) is 1. The standard InChI is InChI=1S/C16H27N5O2/c17-8-4-5-9-18-16(23)13-10-19-21(11-13)12-15(22)20-14-6-2-1-3-7-14/h10-11,14H,1-9,12,17H2,(H,18,23)(H,20,22). The monoisotopic (exact) mass is 321 g/mol. The van der Waals surface area contributed by atoms with Crippen LogP contribution in [0.4, 0.5) is 0 Å². The molecule has 1 aliphatic rings. The molecule has 7 nitrogen and oxygen atoms in total. The molecule has 0 atom stereocenters. The average Bonchev–Trinajstić information content (AvgIpc) is 3.00. The van der Waals surface area contributed by atoms with Gasteiger partial charge in [-0.3, -0.25) is 14.3 Å². The molecular weight excluding hydrogens is 294 g/mol. The number of amides is 2. The molecule has 23 heavy (non-hydrogen) atoms. The van der Waals surface area contributed by atoms with Gasteiger partial charge in [-0.1, -0.05) is 19.3 Å². The van der Waals surface area contributed by atoms with Crippen molar-refractivity contribution < 1.29 is 9.59 Å². The second-order valence-corrected chi connectivity index (χ2v) is 6.08. The van der Waals surface area contributed by atoms with Crippen molar-refractivity contribution in [2.45, 2.75) is 57.5 Å². The molecule has 128 valence electrons. The van der Waals surface area contributed by atoms with Gasteiger partial charge in [0.25, 0.3) is 5.91 Å². The van der Waals surface area contributed by atoms with Gasteiger partial charge >= 0.3 is 0 Å². The van der Waals surface area contributed by atoms with E-state index in [0.29, 0.717) is 18.7 Å². The highest BCUT2D eigenvalue weighted by atomic mass is 16.2. The number of rotatable bonds is 8. The van der Waals surface area contributed by atoms with Crippen molar-refractivity contribution in [3.05, 3.63) is 18.0 Å². The lowest BCUT2D eigenvalue weighted by molar-refractivity contribution is -0.122. The van der Waals surface area contributed by atoms with E-state index in [-0.39, 0.29) is 24.4 Å². The van der Waals surface area contributed by atoms with Gasteiger partial charge in [-0.25, -0.2) is 0 Å². The first-order chi connectivity index (χ1) is 11.2. The van der Waals surface area contributed by atoms with Crippen LogP contribution in [-0.4, -0.2) is 40.7 Å². The third-order valence-electron chi connectivity index (χ3n) is 4.09. The van der Waals surface area contributed by atoms with E-state index in [1.54, 1.807) is 6.20 Å². The summed E-state index contributed by atoms with van der Waals surface area (Å²) < 4.78 is 1.51. The number of aromatic nitrogens is 2. The molecule has 0 unspecified atom stereocenters. The first kappa shape index (κ1) is 17.5. The molecule has 1 heterocycles. The Morgan fingerprint density at radius 1 is 1.26 bits per heavy atom. The Labute approximate surface area is 137 Å². The minimum Gasteiger partial charge on any atom is -0.352 e. The van der Waals surface area contributed by atoms with E-state index in [9.17, 15) is 9.59 Å². The molecular formula is C16H27N5O2. The highest BCUT2D eigenvalue weighted by Crippen LogP contribution is 2.17. The fourth-order valence-electron chi connectivity index (χ4n) is 2.81. The van der Waals surface area contributed by atoms with Gasteiger partial charge in [0.15, 0.2) is 0 Å². The van der Waals surface area contributed by atoms with Crippen LogP contribution in [0.3, 0.4) is 0 Å². The van der Waals surface area contributed by atoms with Crippen molar-refractivity contribution in [2.75, 3.05) is 13.1 Å². The predicted molar refractivity (Wildman–Crippen MR) is 87.9 cm³/mol. The first-order valence-corrected chi connectivity index (χ1v) is 8.49. The zero-order valence-corrected chi connectivity index (χ0v) is 13.6. The van der Waals surface area contributed by atoms with Gasteiger partial charge in [-0.2, -0.15) is 5.10 Å². The van der Waals surface area contributed by atoms with E-state index >= 15 is 0 Å². The second kappa shape index (κ2) is 9.29. The highest BCUT2D eigenvalue weighted by Gasteiger charge is 2.16. The maximum Gasteiger partial charge on any atom is 0.254 e. The molecule has 0 bridgehead atoms. The van der Waals surface area contributed by atoms with E-state index in [0.717, 1.165) is 25.7 Å². The van der Waals surface area contributed by atoms with Crippen LogP contribution < -0.4 is 16.4 Å². The largest absolute Gasteiger partial charge is 0.352 e. The van der Waals surface area contributed by atoms with Crippen LogP contribution in [-0.2, 0) is 11.3 Å².